The van der Waals surface area contributed by atoms with Gasteiger partial charge in [0.25, 0.3) is 0 Å². The van der Waals surface area contributed by atoms with Crippen molar-refractivity contribution in [3.05, 3.63) is 30.3 Å². The maximum absolute atomic E-state index is 12.2. The normalized spacial score (nSPS) is 28.3. The van der Waals surface area contributed by atoms with Gasteiger partial charge < -0.3 is 9.47 Å². The molecule has 0 spiro atoms. The Morgan fingerprint density at radius 3 is 2.55 bits per heavy atom. The first kappa shape index (κ1) is 13.6. The third-order valence-electron chi connectivity index (χ3n) is 4.33. The number of para-hydroxylation sites is 1. The first-order valence-electron chi connectivity index (χ1n) is 7.67. The molecule has 2 heterocycles. The molecule has 0 aliphatic carbocycles. The number of benzene rings is 1. The Kier molecular flexibility index (Phi) is 4.36. The maximum Gasteiger partial charge on any atom is 0.136 e. The Morgan fingerprint density at radius 1 is 1.15 bits per heavy atom. The first-order valence-corrected chi connectivity index (χ1v) is 7.67. The molecule has 2 saturated heterocycles. The summed E-state index contributed by atoms with van der Waals surface area (Å²) in [6, 6.07) is 9.77. The molecule has 0 amide bonds. The molecule has 1 aromatic carbocycles. The molecule has 3 nitrogen and oxygen atoms in total. The highest BCUT2D eigenvalue weighted by Crippen LogP contribution is 2.36. The van der Waals surface area contributed by atoms with Gasteiger partial charge in [0, 0.05) is 12.3 Å². The summed E-state index contributed by atoms with van der Waals surface area (Å²) in [5.74, 6) is 1.52. The number of carbonyl (C=O) groups is 1. The van der Waals surface area contributed by atoms with E-state index in [-0.39, 0.29) is 5.92 Å². The lowest BCUT2D eigenvalue weighted by Gasteiger charge is -2.27. The maximum atomic E-state index is 12.2. The van der Waals surface area contributed by atoms with Crippen LogP contribution >= 0.6 is 0 Å². The molecule has 2 fully saturated rings. The van der Waals surface area contributed by atoms with E-state index in [4.69, 9.17) is 9.47 Å². The van der Waals surface area contributed by atoms with Crippen LogP contribution in [0, 0.1) is 5.92 Å². The molecule has 0 N–H and O–H groups in total. The molecular weight excluding hydrogens is 252 g/mol. The number of hydrogen-bond donors (Lipinski definition) is 0. The lowest BCUT2D eigenvalue weighted by Crippen LogP contribution is -2.30. The average Bonchev–Trinajstić information content (AvgIpc) is 2.83. The first-order chi connectivity index (χ1) is 9.81. The van der Waals surface area contributed by atoms with Gasteiger partial charge in [-0.1, -0.05) is 18.2 Å². The number of ketones is 1. The van der Waals surface area contributed by atoms with Crippen molar-refractivity contribution in [1.82, 2.24) is 0 Å². The van der Waals surface area contributed by atoms with Crippen LogP contribution in [0.4, 0.5) is 0 Å². The summed E-state index contributed by atoms with van der Waals surface area (Å²) >= 11 is 0. The topological polar surface area (TPSA) is 35.5 Å². The third kappa shape index (κ3) is 3.40. The summed E-state index contributed by atoms with van der Waals surface area (Å²) in [4.78, 5) is 12.2. The van der Waals surface area contributed by atoms with E-state index in [0.717, 1.165) is 37.9 Å². The van der Waals surface area contributed by atoms with Crippen LogP contribution in [0.2, 0.25) is 0 Å². The highest BCUT2D eigenvalue weighted by atomic mass is 16.5. The summed E-state index contributed by atoms with van der Waals surface area (Å²) in [5.41, 5.74) is 0. The highest BCUT2D eigenvalue weighted by molar-refractivity contribution is 5.81. The molecule has 1 aromatic rings. The Morgan fingerprint density at radius 2 is 1.85 bits per heavy atom. The van der Waals surface area contributed by atoms with E-state index < -0.39 is 0 Å². The van der Waals surface area contributed by atoms with Crippen LogP contribution in [-0.4, -0.2) is 24.6 Å². The molecule has 3 rings (SSSR count). The summed E-state index contributed by atoms with van der Waals surface area (Å²) in [5, 5.41) is 0. The van der Waals surface area contributed by atoms with Crippen LogP contribution < -0.4 is 4.74 Å². The minimum atomic E-state index is 0.234. The Bertz CT molecular complexity index is 431. The Balaban J connectivity index is 1.37. The van der Waals surface area contributed by atoms with E-state index >= 15 is 0 Å². The van der Waals surface area contributed by atoms with Gasteiger partial charge in [0.15, 0.2) is 0 Å². The molecule has 2 aliphatic rings. The minimum absolute atomic E-state index is 0.234. The predicted octanol–water partition coefficient (Wildman–Crippen LogP) is 3.37. The van der Waals surface area contributed by atoms with E-state index in [1.54, 1.807) is 0 Å². The SMILES string of the molecule is O=C(CCCOc1ccccc1)C1CC2CCC(C1)O2. The zero-order valence-corrected chi connectivity index (χ0v) is 11.8. The molecule has 2 aliphatic heterocycles. The zero-order valence-electron chi connectivity index (χ0n) is 11.8. The summed E-state index contributed by atoms with van der Waals surface area (Å²) in [6.45, 7) is 0.617. The fourth-order valence-electron chi connectivity index (χ4n) is 3.28. The number of fused-ring (bicyclic) bond motifs is 2. The standard InChI is InChI=1S/C17H22O3/c18-17(13-11-15-8-9-16(12-13)20-15)7-4-10-19-14-5-2-1-3-6-14/h1-3,5-6,13,15-16H,4,7-12H2. The minimum Gasteiger partial charge on any atom is -0.494 e. The van der Waals surface area contributed by atoms with Crippen LogP contribution in [0.3, 0.4) is 0 Å². The van der Waals surface area contributed by atoms with Gasteiger partial charge in [-0.15, -0.1) is 0 Å². The van der Waals surface area contributed by atoms with E-state index in [2.05, 4.69) is 0 Å². The van der Waals surface area contributed by atoms with E-state index in [1.807, 2.05) is 30.3 Å². The second-order valence-electron chi connectivity index (χ2n) is 5.86. The lowest BCUT2D eigenvalue weighted by molar-refractivity contribution is -0.128. The van der Waals surface area contributed by atoms with E-state index in [1.165, 1.54) is 0 Å². The molecule has 2 atom stereocenters. The van der Waals surface area contributed by atoms with Gasteiger partial charge in [-0.05, 0) is 44.2 Å². The summed E-state index contributed by atoms with van der Waals surface area (Å²) in [7, 11) is 0. The molecule has 20 heavy (non-hydrogen) atoms. The highest BCUT2D eigenvalue weighted by Gasteiger charge is 2.37. The van der Waals surface area contributed by atoms with Gasteiger partial charge in [-0.2, -0.15) is 0 Å². The zero-order chi connectivity index (χ0) is 13.8. The fraction of sp³-hybridized carbons (Fsp3) is 0.588. The van der Waals surface area contributed by atoms with Gasteiger partial charge in [-0.3, -0.25) is 4.79 Å². The van der Waals surface area contributed by atoms with Crippen molar-refractivity contribution < 1.29 is 14.3 Å². The predicted molar refractivity (Wildman–Crippen MR) is 76.8 cm³/mol. The van der Waals surface area contributed by atoms with Crippen LogP contribution in [0.15, 0.2) is 30.3 Å². The van der Waals surface area contributed by atoms with Gasteiger partial charge in [0.1, 0.15) is 11.5 Å². The molecule has 0 aromatic heterocycles. The monoisotopic (exact) mass is 274 g/mol. The summed E-state index contributed by atoms with van der Waals surface area (Å²) < 4.78 is 11.4. The largest absolute Gasteiger partial charge is 0.494 e. The molecule has 0 saturated carbocycles. The molecule has 2 bridgehead atoms. The summed E-state index contributed by atoms with van der Waals surface area (Å²) in [6.07, 6.45) is 6.31. The van der Waals surface area contributed by atoms with Crippen LogP contribution in [0.1, 0.15) is 38.5 Å². The Labute approximate surface area is 120 Å². The van der Waals surface area contributed by atoms with Crippen molar-refractivity contribution in [3.63, 3.8) is 0 Å². The van der Waals surface area contributed by atoms with Gasteiger partial charge in [-0.25, -0.2) is 0 Å². The van der Waals surface area contributed by atoms with Crippen molar-refractivity contribution in [1.29, 1.82) is 0 Å². The quantitative estimate of drug-likeness (QED) is 0.746. The van der Waals surface area contributed by atoms with Crippen LogP contribution in [0.25, 0.3) is 0 Å². The van der Waals surface area contributed by atoms with Crippen molar-refractivity contribution in [3.8, 4) is 5.75 Å². The fourth-order valence-corrected chi connectivity index (χ4v) is 3.28. The van der Waals surface area contributed by atoms with Crippen LogP contribution in [-0.2, 0) is 9.53 Å². The molecule has 3 heteroatoms. The number of ether oxygens (including phenoxy) is 2. The number of hydrogen-bond acceptors (Lipinski definition) is 3. The second-order valence-corrected chi connectivity index (χ2v) is 5.86. The van der Waals surface area contributed by atoms with Gasteiger partial charge >= 0.3 is 0 Å². The van der Waals surface area contributed by atoms with E-state index in [0.29, 0.717) is 31.0 Å². The third-order valence-corrected chi connectivity index (χ3v) is 4.33. The van der Waals surface area contributed by atoms with Crippen molar-refractivity contribution >= 4 is 5.78 Å². The molecular formula is C17H22O3. The van der Waals surface area contributed by atoms with Crippen molar-refractivity contribution in [2.45, 2.75) is 50.7 Å². The number of rotatable bonds is 6. The van der Waals surface area contributed by atoms with Crippen molar-refractivity contribution in [2.75, 3.05) is 6.61 Å². The molecule has 0 radical (unpaired) electrons. The average molecular weight is 274 g/mol. The number of carbonyl (C=O) groups excluding carboxylic acids is 1. The lowest BCUT2D eigenvalue weighted by atomic mass is 9.89. The Hall–Kier alpha value is -1.35. The van der Waals surface area contributed by atoms with Crippen LogP contribution in [0.5, 0.6) is 5.75 Å². The second kappa shape index (κ2) is 6.40. The van der Waals surface area contributed by atoms with Crippen molar-refractivity contribution in [2.24, 2.45) is 5.92 Å². The van der Waals surface area contributed by atoms with E-state index in [9.17, 15) is 4.79 Å². The molecule has 2 unspecified atom stereocenters. The number of Topliss-reactive ketones (excluding diaryl/α,β-unsaturated/α-hetero) is 1. The smallest absolute Gasteiger partial charge is 0.136 e. The molecule has 108 valence electrons. The van der Waals surface area contributed by atoms with Gasteiger partial charge in [0.2, 0.25) is 0 Å². The van der Waals surface area contributed by atoms with Gasteiger partial charge in [0.05, 0.1) is 18.8 Å².